The normalized spacial score (nSPS) is 16.3. The fourth-order valence-corrected chi connectivity index (χ4v) is 4.56. The van der Waals surface area contributed by atoms with Gasteiger partial charge in [0.05, 0.1) is 10.5 Å². The number of hydrogen-bond acceptors (Lipinski definition) is 4. The highest BCUT2D eigenvalue weighted by atomic mass is 35.5. The maximum atomic E-state index is 12.7. The van der Waals surface area contributed by atoms with Crippen molar-refractivity contribution in [1.82, 2.24) is 4.31 Å². The van der Waals surface area contributed by atoms with Crippen LogP contribution in [0.1, 0.15) is 23.2 Å². The Kier molecular flexibility index (Phi) is 5.50. The predicted octanol–water partition coefficient (Wildman–Crippen LogP) is 3.27. The first-order chi connectivity index (χ1) is 12.4. The van der Waals surface area contributed by atoms with E-state index in [0.29, 0.717) is 36.7 Å². The fraction of sp³-hybridized carbons (Fsp3) is 0.278. The van der Waals surface area contributed by atoms with Crippen LogP contribution in [0, 0.1) is 0 Å². The zero-order valence-corrected chi connectivity index (χ0v) is 15.4. The molecule has 0 radical (unpaired) electrons. The number of ether oxygens (including phenoxy) is 1. The number of hydrogen-bond donors (Lipinski definition) is 1. The fourth-order valence-electron chi connectivity index (χ4n) is 2.86. The van der Waals surface area contributed by atoms with Crippen molar-refractivity contribution in [2.75, 3.05) is 13.1 Å². The van der Waals surface area contributed by atoms with Gasteiger partial charge in [0, 0.05) is 18.1 Å². The highest BCUT2D eigenvalue weighted by Crippen LogP contribution is 2.25. The Morgan fingerprint density at radius 1 is 1.12 bits per heavy atom. The molecule has 1 saturated heterocycles. The first kappa shape index (κ1) is 18.7. The van der Waals surface area contributed by atoms with Gasteiger partial charge in [-0.25, -0.2) is 13.2 Å². The van der Waals surface area contributed by atoms with Gasteiger partial charge in [0.25, 0.3) is 0 Å². The highest BCUT2D eigenvalue weighted by molar-refractivity contribution is 7.89. The van der Waals surface area contributed by atoms with Crippen LogP contribution in [0.4, 0.5) is 0 Å². The Balaban J connectivity index is 1.67. The van der Waals surface area contributed by atoms with E-state index in [1.54, 1.807) is 18.2 Å². The summed E-state index contributed by atoms with van der Waals surface area (Å²) in [6, 6.07) is 12.5. The topological polar surface area (TPSA) is 83.9 Å². The van der Waals surface area contributed by atoms with Gasteiger partial charge in [0.1, 0.15) is 11.9 Å². The minimum absolute atomic E-state index is 0.00777. The van der Waals surface area contributed by atoms with E-state index in [-0.39, 0.29) is 16.6 Å². The average molecular weight is 396 g/mol. The first-order valence-electron chi connectivity index (χ1n) is 8.12. The van der Waals surface area contributed by atoms with E-state index in [4.69, 9.17) is 21.4 Å². The molecule has 6 nitrogen and oxygen atoms in total. The molecular formula is C18H18ClNO5S. The van der Waals surface area contributed by atoms with E-state index in [0.717, 1.165) is 0 Å². The summed E-state index contributed by atoms with van der Waals surface area (Å²) < 4.78 is 32.7. The maximum Gasteiger partial charge on any atom is 0.335 e. The van der Waals surface area contributed by atoms with Crippen LogP contribution in [-0.2, 0) is 10.0 Å². The molecule has 0 unspecified atom stereocenters. The molecular weight excluding hydrogens is 378 g/mol. The van der Waals surface area contributed by atoms with Gasteiger partial charge in [-0.2, -0.15) is 4.31 Å². The van der Waals surface area contributed by atoms with Crippen molar-refractivity contribution >= 4 is 27.6 Å². The van der Waals surface area contributed by atoms with Crippen LogP contribution < -0.4 is 4.74 Å². The van der Waals surface area contributed by atoms with Crippen molar-refractivity contribution in [3.63, 3.8) is 0 Å². The number of rotatable bonds is 5. The lowest BCUT2D eigenvalue weighted by atomic mass is 10.1. The molecule has 0 saturated carbocycles. The summed E-state index contributed by atoms with van der Waals surface area (Å²) in [4.78, 5) is 11.1. The number of sulfonamides is 1. The van der Waals surface area contributed by atoms with Crippen LogP contribution in [0.5, 0.6) is 5.75 Å². The van der Waals surface area contributed by atoms with Gasteiger partial charge >= 0.3 is 5.97 Å². The summed E-state index contributed by atoms with van der Waals surface area (Å²) in [5, 5.41) is 9.63. The standard InChI is InChI=1S/C18H18ClNO5S/c19-14-4-2-5-16(12-14)25-15-7-9-20(10-8-15)26(23,24)17-6-1-3-13(11-17)18(21)22/h1-6,11-12,15H,7-10H2,(H,21,22). The molecule has 0 spiro atoms. The van der Waals surface area contributed by atoms with Gasteiger partial charge in [-0.15, -0.1) is 0 Å². The second-order valence-corrected chi connectivity index (χ2v) is 8.39. The van der Waals surface area contributed by atoms with Crippen LogP contribution in [0.25, 0.3) is 0 Å². The van der Waals surface area contributed by atoms with Gasteiger partial charge in [-0.1, -0.05) is 23.7 Å². The smallest absolute Gasteiger partial charge is 0.335 e. The number of halogens is 1. The van der Waals surface area contributed by atoms with E-state index >= 15 is 0 Å². The first-order valence-corrected chi connectivity index (χ1v) is 9.94. The molecule has 1 N–H and O–H groups in total. The van der Waals surface area contributed by atoms with Crippen molar-refractivity contribution in [3.05, 3.63) is 59.1 Å². The van der Waals surface area contributed by atoms with Crippen molar-refractivity contribution in [3.8, 4) is 5.75 Å². The Labute approximate surface area is 157 Å². The molecule has 2 aromatic rings. The average Bonchev–Trinajstić information content (AvgIpc) is 2.62. The lowest BCUT2D eigenvalue weighted by Crippen LogP contribution is -2.41. The summed E-state index contributed by atoms with van der Waals surface area (Å²) in [7, 11) is -3.73. The largest absolute Gasteiger partial charge is 0.490 e. The zero-order chi connectivity index (χ0) is 18.7. The zero-order valence-electron chi connectivity index (χ0n) is 13.8. The lowest BCUT2D eigenvalue weighted by Gasteiger charge is -2.31. The number of carbonyl (C=O) groups is 1. The van der Waals surface area contributed by atoms with Crippen LogP contribution >= 0.6 is 11.6 Å². The lowest BCUT2D eigenvalue weighted by molar-refractivity contribution is 0.0696. The molecule has 0 aromatic heterocycles. The Bertz CT molecular complexity index is 907. The predicted molar refractivity (Wildman–Crippen MR) is 97.3 cm³/mol. The van der Waals surface area contributed by atoms with Gasteiger partial charge in [0.2, 0.25) is 10.0 Å². The SMILES string of the molecule is O=C(O)c1cccc(S(=O)(=O)N2CCC(Oc3cccc(Cl)c3)CC2)c1. The van der Waals surface area contributed by atoms with Crippen molar-refractivity contribution in [1.29, 1.82) is 0 Å². The Hall–Kier alpha value is -2.09. The molecule has 0 amide bonds. The molecule has 138 valence electrons. The minimum atomic E-state index is -3.73. The Morgan fingerprint density at radius 2 is 1.81 bits per heavy atom. The van der Waals surface area contributed by atoms with Crippen molar-refractivity contribution < 1.29 is 23.1 Å². The van der Waals surface area contributed by atoms with Gasteiger partial charge in [-0.3, -0.25) is 0 Å². The summed E-state index contributed by atoms with van der Waals surface area (Å²) >= 11 is 5.94. The molecule has 0 aliphatic carbocycles. The van der Waals surface area contributed by atoms with Crippen molar-refractivity contribution in [2.45, 2.75) is 23.8 Å². The third-order valence-electron chi connectivity index (χ3n) is 4.22. The third kappa shape index (κ3) is 4.17. The number of piperidine rings is 1. The Morgan fingerprint density at radius 3 is 2.46 bits per heavy atom. The number of aromatic carboxylic acids is 1. The third-order valence-corrected chi connectivity index (χ3v) is 6.35. The number of carboxylic acids is 1. The van der Waals surface area contributed by atoms with Gasteiger partial charge < -0.3 is 9.84 Å². The van der Waals surface area contributed by atoms with E-state index in [2.05, 4.69) is 0 Å². The summed E-state index contributed by atoms with van der Waals surface area (Å²) in [5.41, 5.74) is -0.0507. The molecule has 1 heterocycles. The molecule has 1 fully saturated rings. The monoisotopic (exact) mass is 395 g/mol. The van der Waals surface area contributed by atoms with E-state index in [1.807, 2.05) is 6.07 Å². The number of carboxylic acid groups (broad SMARTS) is 1. The molecule has 8 heteroatoms. The minimum Gasteiger partial charge on any atom is -0.490 e. The highest BCUT2D eigenvalue weighted by Gasteiger charge is 2.30. The molecule has 26 heavy (non-hydrogen) atoms. The number of nitrogens with zero attached hydrogens (tertiary/aromatic N) is 1. The van der Waals surface area contributed by atoms with E-state index in [1.165, 1.54) is 28.6 Å². The number of benzene rings is 2. The van der Waals surface area contributed by atoms with Gasteiger partial charge in [-0.05, 0) is 49.2 Å². The van der Waals surface area contributed by atoms with E-state index in [9.17, 15) is 13.2 Å². The van der Waals surface area contributed by atoms with Crippen LogP contribution in [0.15, 0.2) is 53.4 Å². The molecule has 1 aliphatic rings. The molecule has 0 atom stereocenters. The van der Waals surface area contributed by atoms with Crippen LogP contribution in [0.3, 0.4) is 0 Å². The molecule has 1 aliphatic heterocycles. The van der Waals surface area contributed by atoms with Crippen molar-refractivity contribution in [2.24, 2.45) is 0 Å². The van der Waals surface area contributed by atoms with Gasteiger partial charge in [0.15, 0.2) is 0 Å². The summed E-state index contributed by atoms with van der Waals surface area (Å²) in [6.07, 6.45) is 1.000. The second-order valence-electron chi connectivity index (χ2n) is 6.01. The van der Waals surface area contributed by atoms with E-state index < -0.39 is 16.0 Å². The molecule has 2 aromatic carbocycles. The molecule has 0 bridgehead atoms. The van der Waals surface area contributed by atoms with Crippen LogP contribution in [-0.4, -0.2) is 43.0 Å². The second kappa shape index (κ2) is 7.65. The summed E-state index contributed by atoms with van der Waals surface area (Å²) in [6.45, 7) is 0.621. The molecule has 3 rings (SSSR count). The quantitative estimate of drug-likeness (QED) is 0.839. The maximum absolute atomic E-state index is 12.7. The van der Waals surface area contributed by atoms with Crippen LogP contribution in [0.2, 0.25) is 5.02 Å². The summed E-state index contributed by atoms with van der Waals surface area (Å²) in [5.74, 6) is -0.497.